The molecule has 2 heterocycles. The van der Waals surface area contributed by atoms with E-state index in [0.717, 1.165) is 25.7 Å². The van der Waals surface area contributed by atoms with Gasteiger partial charge < -0.3 is 5.32 Å². The van der Waals surface area contributed by atoms with E-state index in [-0.39, 0.29) is 0 Å². The predicted octanol–water partition coefficient (Wildman–Crippen LogP) is 2.05. The molecule has 94 valence electrons. The molecule has 3 nitrogen and oxygen atoms in total. The fourth-order valence-corrected chi connectivity index (χ4v) is 2.56. The SMILES string of the molecule is CCN(Cc1ccccn1)C1CCCNCC1. The van der Waals surface area contributed by atoms with Crippen LogP contribution in [-0.4, -0.2) is 35.6 Å². The second kappa shape index (κ2) is 6.72. The molecular weight excluding hydrogens is 210 g/mol. The summed E-state index contributed by atoms with van der Waals surface area (Å²) in [5.41, 5.74) is 1.19. The van der Waals surface area contributed by atoms with Gasteiger partial charge in [0.25, 0.3) is 0 Å². The van der Waals surface area contributed by atoms with E-state index in [0.29, 0.717) is 0 Å². The van der Waals surface area contributed by atoms with E-state index < -0.39 is 0 Å². The van der Waals surface area contributed by atoms with E-state index in [1.807, 2.05) is 12.3 Å². The molecule has 0 saturated carbocycles. The van der Waals surface area contributed by atoms with Crippen molar-refractivity contribution in [2.45, 2.75) is 38.8 Å². The Labute approximate surface area is 104 Å². The summed E-state index contributed by atoms with van der Waals surface area (Å²) in [7, 11) is 0. The monoisotopic (exact) mass is 233 g/mol. The third kappa shape index (κ3) is 3.79. The number of hydrogen-bond acceptors (Lipinski definition) is 3. The molecule has 1 N–H and O–H groups in total. The lowest BCUT2D eigenvalue weighted by Gasteiger charge is -2.29. The minimum absolute atomic E-state index is 0.719. The molecule has 3 heteroatoms. The maximum absolute atomic E-state index is 4.43. The Morgan fingerprint density at radius 1 is 1.35 bits per heavy atom. The summed E-state index contributed by atoms with van der Waals surface area (Å²) in [5, 5.41) is 3.48. The van der Waals surface area contributed by atoms with Crippen LogP contribution >= 0.6 is 0 Å². The Morgan fingerprint density at radius 3 is 3.06 bits per heavy atom. The fourth-order valence-electron chi connectivity index (χ4n) is 2.56. The summed E-state index contributed by atoms with van der Waals surface area (Å²) in [6.07, 6.45) is 5.76. The number of aromatic nitrogens is 1. The normalized spacial score (nSPS) is 21.4. The first-order valence-electron chi connectivity index (χ1n) is 6.75. The lowest BCUT2D eigenvalue weighted by Crippen LogP contribution is -2.35. The van der Waals surface area contributed by atoms with Gasteiger partial charge in [-0.05, 0) is 51.0 Å². The summed E-state index contributed by atoms with van der Waals surface area (Å²) < 4.78 is 0. The van der Waals surface area contributed by atoms with Crippen LogP contribution in [0.15, 0.2) is 24.4 Å². The number of nitrogens with zero attached hydrogens (tertiary/aromatic N) is 2. The molecule has 0 radical (unpaired) electrons. The van der Waals surface area contributed by atoms with Crippen molar-refractivity contribution in [1.29, 1.82) is 0 Å². The zero-order chi connectivity index (χ0) is 11.9. The highest BCUT2D eigenvalue weighted by molar-refractivity contribution is 5.03. The number of hydrogen-bond donors (Lipinski definition) is 1. The summed E-state index contributed by atoms with van der Waals surface area (Å²) >= 11 is 0. The summed E-state index contributed by atoms with van der Waals surface area (Å²) in [5.74, 6) is 0. The smallest absolute Gasteiger partial charge is 0.0544 e. The van der Waals surface area contributed by atoms with E-state index in [9.17, 15) is 0 Å². The van der Waals surface area contributed by atoms with Gasteiger partial charge in [0.2, 0.25) is 0 Å². The van der Waals surface area contributed by atoms with Gasteiger partial charge in [-0.2, -0.15) is 0 Å². The molecule has 1 aliphatic heterocycles. The standard InChI is InChI=1S/C14H23N3/c1-2-17(12-13-6-3-4-10-16-13)14-7-5-9-15-11-8-14/h3-4,6,10,14-15H,2,5,7-9,11-12H2,1H3. The van der Waals surface area contributed by atoms with Gasteiger partial charge in [-0.25, -0.2) is 0 Å². The van der Waals surface area contributed by atoms with Gasteiger partial charge >= 0.3 is 0 Å². The third-order valence-corrected chi connectivity index (χ3v) is 3.56. The Kier molecular flexibility index (Phi) is 4.95. The van der Waals surface area contributed by atoms with Crippen LogP contribution in [0.3, 0.4) is 0 Å². The molecule has 17 heavy (non-hydrogen) atoms. The molecule has 0 aromatic carbocycles. The van der Waals surface area contributed by atoms with Crippen LogP contribution in [0, 0.1) is 0 Å². The lowest BCUT2D eigenvalue weighted by atomic mass is 10.1. The highest BCUT2D eigenvalue weighted by atomic mass is 15.2. The second-order valence-electron chi connectivity index (χ2n) is 4.72. The van der Waals surface area contributed by atoms with Gasteiger partial charge in [-0.3, -0.25) is 9.88 Å². The van der Waals surface area contributed by atoms with Crippen molar-refractivity contribution in [2.75, 3.05) is 19.6 Å². The van der Waals surface area contributed by atoms with E-state index in [1.165, 1.54) is 31.5 Å². The molecule has 1 aromatic heterocycles. The van der Waals surface area contributed by atoms with E-state index in [2.05, 4.69) is 34.3 Å². The maximum atomic E-state index is 4.43. The first kappa shape index (κ1) is 12.5. The highest BCUT2D eigenvalue weighted by Gasteiger charge is 2.18. The quantitative estimate of drug-likeness (QED) is 0.862. The average molecular weight is 233 g/mol. The summed E-state index contributed by atoms with van der Waals surface area (Å²) in [6, 6.07) is 6.90. The van der Waals surface area contributed by atoms with Crippen LogP contribution in [0.1, 0.15) is 31.9 Å². The van der Waals surface area contributed by atoms with Crippen LogP contribution in [-0.2, 0) is 6.54 Å². The van der Waals surface area contributed by atoms with Gasteiger partial charge in [0.1, 0.15) is 0 Å². The zero-order valence-electron chi connectivity index (χ0n) is 10.7. The number of nitrogens with one attached hydrogen (secondary N) is 1. The topological polar surface area (TPSA) is 28.2 Å². The Morgan fingerprint density at radius 2 is 2.29 bits per heavy atom. The molecule has 2 rings (SSSR count). The fraction of sp³-hybridized carbons (Fsp3) is 0.643. The minimum atomic E-state index is 0.719. The first-order chi connectivity index (χ1) is 8.40. The molecule has 1 fully saturated rings. The molecule has 1 saturated heterocycles. The average Bonchev–Trinajstić information content (AvgIpc) is 2.66. The third-order valence-electron chi connectivity index (χ3n) is 3.56. The molecule has 0 bridgehead atoms. The zero-order valence-corrected chi connectivity index (χ0v) is 10.7. The van der Waals surface area contributed by atoms with Gasteiger partial charge in [0.15, 0.2) is 0 Å². The van der Waals surface area contributed by atoms with Crippen molar-refractivity contribution in [1.82, 2.24) is 15.2 Å². The van der Waals surface area contributed by atoms with Crippen molar-refractivity contribution in [3.05, 3.63) is 30.1 Å². The largest absolute Gasteiger partial charge is 0.317 e. The van der Waals surface area contributed by atoms with Crippen molar-refractivity contribution in [3.63, 3.8) is 0 Å². The second-order valence-corrected chi connectivity index (χ2v) is 4.72. The molecule has 1 aromatic rings. The number of pyridine rings is 1. The molecule has 0 aliphatic carbocycles. The minimum Gasteiger partial charge on any atom is -0.317 e. The van der Waals surface area contributed by atoms with Gasteiger partial charge in [-0.15, -0.1) is 0 Å². The van der Waals surface area contributed by atoms with Gasteiger partial charge in [0, 0.05) is 18.8 Å². The first-order valence-corrected chi connectivity index (χ1v) is 6.75. The lowest BCUT2D eigenvalue weighted by molar-refractivity contribution is 0.180. The van der Waals surface area contributed by atoms with Gasteiger partial charge in [-0.1, -0.05) is 13.0 Å². The van der Waals surface area contributed by atoms with Gasteiger partial charge in [0.05, 0.1) is 5.69 Å². The van der Waals surface area contributed by atoms with Crippen molar-refractivity contribution in [3.8, 4) is 0 Å². The molecule has 1 unspecified atom stereocenters. The van der Waals surface area contributed by atoms with Crippen molar-refractivity contribution < 1.29 is 0 Å². The summed E-state index contributed by atoms with van der Waals surface area (Å²) in [4.78, 5) is 6.99. The van der Waals surface area contributed by atoms with Crippen molar-refractivity contribution in [2.24, 2.45) is 0 Å². The predicted molar refractivity (Wildman–Crippen MR) is 70.8 cm³/mol. The van der Waals surface area contributed by atoms with Crippen LogP contribution in [0.25, 0.3) is 0 Å². The molecule has 0 spiro atoms. The molecular formula is C14H23N3. The molecule has 1 aliphatic rings. The maximum Gasteiger partial charge on any atom is 0.0544 e. The number of rotatable bonds is 4. The summed E-state index contributed by atoms with van der Waals surface area (Å²) in [6.45, 7) is 6.69. The van der Waals surface area contributed by atoms with E-state index >= 15 is 0 Å². The van der Waals surface area contributed by atoms with Crippen molar-refractivity contribution >= 4 is 0 Å². The Bertz CT molecular complexity index is 305. The molecule has 1 atom stereocenters. The van der Waals surface area contributed by atoms with Crippen LogP contribution < -0.4 is 5.32 Å². The Balaban J connectivity index is 1.95. The van der Waals surface area contributed by atoms with Crippen LogP contribution in [0.4, 0.5) is 0 Å². The van der Waals surface area contributed by atoms with Crippen LogP contribution in [0.2, 0.25) is 0 Å². The van der Waals surface area contributed by atoms with E-state index in [4.69, 9.17) is 0 Å². The Hall–Kier alpha value is -0.930. The van der Waals surface area contributed by atoms with Crippen LogP contribution in [0.5, 0.6) is 0 Å². The molecule has 0 amide bonds. The highest BCUT2D eigenvalue weighted by Crippen LogP contribution is 2.15. The van der Waals surface area contributed by atoms with E-state index in [1.54, 1.807) is 0 Å².